The SMILES string of the molecule is CC(C)N(C(C)C)P(OCCC#N)OCC12CCC(CC1)N=N2. The third-order valence-corrected chi connectivity index (χ3v) is 6.48. The van der Waals surface area contributed by atoms with E-state index < -0.39 is 8.53 Å². The van der Waals surface area contributed by atoms with E-state index in [1.807, 2.05) is 0 Å². The smallest absolute Gasteiger partial charge is 0.259 e. The van der Waals surface area contributed by atoms with Gasteiger partial charge in [-0.2, -0.15) is 15.5 Å². The van der Waals surface area contributed by atoms with Gasteiger partial charge in [0.15, 0.2) is 0 Å². The molecule has 2 bridgehead atoms. The maximum absolute atomic E-state index is 8.75. The van der Waals surface area contributed by atoms with E-state index in [0.29, 0.717) is 37.8 Å². The summed E-state index contributed by atoms with van der Waals surface area (Å²) in [6.07, 6.45) is 4.76. The third kappa shape index (κ3) is 4.93. The second kappa shape index (κ2) is 8.48. The minimum absolute atomic E-state index is 0.145. The summed E-state index contributed by atoms with van der Waals surface area (Å²) in [6, 6.07) is 3.21. The van der Waals surface area contributed by atoms with Gasteiger partial charge in [0.05, 0.1) is 31.7 Å². The van der Waals surface area contributed by atoms with Crippen molar-refractivity contribution in [1.29, 1.82) is 5.26 Å². The summed E-state index contributed by atoms with van der Waals surface area (Å²) in [6.45, 7) is 9.57. The van der Waals surface area contributed by atoms with Crippen LogP contribution in [-0.2, 0) is 9.05 Å². The lowest BCUT2D eigenvalue weighted by atomic mass is 9.79. The highest BCUT2D eigenvalue weighted by atomic mass is 31.2. The molecule has 2 aliphatic heterocycles. The van der Waals surface area contributed by atoms with Gasteiger partial charge < -0.3 is 9.05 Å². The van der Waals surface area contributed by atoms with Gasteiger partial charge in [0.1, 0.15) is 5.54 Å². The predicted molar refractivity (Wildman–Crippen MR) is 91.0 cm³/mol. The van der Waals surface area contributed by atoms with E-state index in [-0.39, 0.29) is 5.54 Å². The van der Waals surface area contributed by atoms with Gasteiger partial charge in [0.25, 0.3) is 8.53 Å². The highest BCUT2D eigenvalue weighted by Gasteiger charge is 2.41. The first-order valence-corrected chi connectivity index (χ1v) is 9.73. The molecule has 1 fully saturated rings. The van der Waals surface area contributed by atoms with Crippen LogP contribution >= 0.6 is 8.53 Å². The van der Waals surface area contributed by atoms with Gasteiger partial charge in [-0.05, 0) is 53.4 Å². The Morgan fingerprint density at radius 1 is 1.22 bits per heavy atom. The van der Waals surface area contributed by atoms with Crippen LogP contribution in [-0.4, -0.2) is 41.5 Å². The fourth-order valence-corrected chi connectivity index (χ4v) is 4.92. The van der Waals surface area contributed by atoms with Crippen molar-refractivity contribution >= 4 is 8.53 Å². The maximum Gasteiger partial charge on any atom is 0.259 e. The average Bonchev–Trinajstić information content (AvgIpc) is 2.53. The van der Waals surface area contributed by atoms with E-state index in [2.05, 4.69) is 48.7 Å². The zero-order valence-corrected chi connectivity index (χ0v) is 15.6. The number of nitriles is 1. The highest BCUT2D eigenvalue weighted by molar-refractivity contribution is 7.44. The van der Waals surface area contributed by atoms with Gasteiger partial charge in [-0.3, -0.25) is 0 Å². The van der Waals surface area contributed by atoms with E-state index >= 15 is 0 Å². The van der Waals surface area contributed by atoms with Gasteiger partial charge in [0.2, 0.25) is 0 Å². The number of fused-ring (bicyclic) bond motifs is 2. The molecule has 1 unspecified atom stereocenters. The van der Waals surface area contributed by atoms with E-state index in [9.17, 15) is 0 Å². The van der Waals surface area contributed by atoms with Crippen LogP contribution in [0.5, 0.6) is 0 Å². The molecule has 0 aromatic heterocycles. The molecule has 7 heteroatoms. The van der Waals surface area contributed by atoms with E-state index in [1.165, 1.54) is 0 Å². The molecule has 0 radical (unpaired) electrons. The van der Waals surface area contributed by atoms with Crippen molar-refractivity contribution in [1.82, 2.24) is 4.67 Å². The molecular formula is C16H29N4O2P. The number of rotatable bonds is 9. The second-order valence-electron chi connectivity index (χ2n) is 6.99. The number of nitrogens with zero attached hydrogens (tertiary/aromatic N) is 4. The molecule has 0 aromatic rings. The summed E-state index contributed by atoms with van der Waals surface area (Å²) in [4.78, 5) is 0. The monoisotopic (exact) mass is 340 g/mol. The third-order valence-electron chi connectivity index (χ3n) is 4.42. The first kappa shape index (κ1) is 18.7. The normalized spacial score (nSPS) is 27.8. The molecule has 3 aliphatic rings. The maximum atomic E-state index is 8.75. The molecule has 2 heterocycles. The van der Waals surface area contributed by atoms with Crippen molar-refractivity contribution in [2.75, 3.05) is 13.2 Å². The fraction of sp³-hybridized carbons (Fsp3) is 0.938. The Labute approximate surface area is 141 Å². The van der Waals surface area contributed by atoms with Crippen molar-refractivity contribution in [3.05, 3.63) is 0 Å². The summed E-state index contributed by atoms with van der Waals surface area (Å²) >= 11 is 0. The summed E-state index contributed by atoms with van der Waals surface area (Å²) < 4.78 is 14.4. The standard InChI is InChI=1S/C16H29N4O2P/c1-13(2)20(14(3)4)23(21-11-5-10-17)22-12-16-8-6-15(7-9-16)18-19-16/h13-15H,5-9,11-12H2,1-4H3. The van der Waals surface area contributed by atoms with Crippen molar-refractivity contribution in [3.63, 3.8) is 0 Å². The van der Waals surface area contributed by atoms with Crippen LogP contribution in [0.3, 0.4) is 0 Å². The molecule has 0 spiro atoms. The summed E-state index contributed by atoms with van der Waals surface area (Å²) in [5, 5.41) is 17.7. The van der Waals surface area contributed by atoms with E-state index in [4.69, 9.17) is 14.3 Å². The predicted octanol–water partition coefficient (Wildman–Crippen LogP) is 4.43. The average molecular weight is 340 g/mol. The van der Waals surface area contributed by atoms with Crippen LogP contribution in [0, 0.1) is 11.3 Å². The lowest BCUT2D eigenvalue weighted by molar-refractivity contribution is 0.107. The molecule has 3 rings (SSSR count). The Hall–Kier alpha value is -0.600. The molecule has 0 aromatic carbocycles. The lowest BCUT2D eigenvalue weighted by Gasteiger charge is -2.41. The Morgan fingerprint density at radius 3 is 2.35 bits per heavy atom. The quantitative estimate of drug-likeness (QED) is 0.460. The highest BCUT2D eigenvalue weighted by Crippen LogP contribution is 2.48. The molecule has 23 heavy (non-hydrogen) atoms. The Morgan fingerprint density at radius 2 is 1.87 bits per heavy atom. The largest absolute Gasteiger partial charge is 0.321 e. The van der Waals surface area contributed by atoms with Gasteiger partial charge in [-0.25, -0.2) is 4.67 Å². The first-order chi connectivity index (χ1) is 11.0. The van der Waals surface area contributed by atoms with E-state index in [1.54, 1.807) is 0 Å². The second-order valence-corrected chi connectivity index (χ2v) is 8.45. The fourth-order valence-electron chi connectivity index (χ4n) is 3.22. The number of azo groups is 1. The molecule has 0 saturated heterocycles. The molecule has 1 saturated carbocycles. The molecule has 0 amide bonds. The van der Waals surface area contributed by atoms with Crippen LogP contribution in [0.2, 0.25) is 0 Å². The molecule has 1 aliphatic carbocycles. The molecule has 130 valence electrons. The van der Waals surface area contributed by atoms with Crippen molar-refractivity contribution in [3.8, 4) is 6.07 Å². The van der Waals surface area contributed by atoms with Crippen LogP contribution in [0.4, 0.5) is 0 Å². The topological polar surface area (TPSA) is 70.2 Å². The van der Waals surface area contributed by atoms with Crippen molar-refractivity contribution < 1.29 is 9.05 Å². The van der Waals surface area contributed by atoms with Crippen LogP contribution in [0.1, 0.15) is 59.8 Å². The van der Waals surface area contributed by atoms with Crippen LogP contribution < -0.4 is 0 Å². The molecule has 1 atom stereocenters. The van der Waals surface area contributed by atoms with Crippen molar-refractivity contribution in [2.45, 2.75) is 83.5 Å². The first-order valence-electron chi connectivity index (χ1n) is 8.60. The van der Waals surface area contributed by atoms with Gasteiger partial charge in [0, 0.05) is 12.1 Å². The minimum atomic E-state index is -1.18. The molecule has 0 N–H and O–H groups in total. The zero-order chi connectivity index (χ0) is 16.9. The molecule has 6 nitrogen and oxygen atoms in total. The minimum Gasteiger partial charge on any atom is -0.321 e. The summed E-state index contributed by atoms with van der Waals surface area (Å²) in [5.41, 5.74) is -0.145. The van der Waals surface area contributed by atoms with Crippen LogP contribution in [0.25, 0.3) is 0 Å². The summed E-state index contributed by atoms with van der Waals surface area (Å²) in [7, 11) is -1.18. The zero-order valence-electron chi connectivity index (χ0n) is 14.7. The Bertz CT molecular complexity index is 434. The lowest BCUT2D eigenvalue weighted by Crippen LogP contribution is -2.42. The van der Waals surface area contributed by atoms with Crippen LogP contribution in [0.15, 0.2) is 10.2 Å². The van der Waals surface area contributed by atoms with Gasteiger partial charge in [-0.1, -0.05) is 0 Å². The van der Waals surface area contributed by atoms with Gasteiger partial charge in [-0.15, -0.1) is 0 Å². The molecular weight excluding hydrogens is 311 g/mol. The van der Waals surface area contributed by atoms with Gasteiger partial charge >= 0.3 is 0 Å². The number of hydrogen-bond acceptors (Lipinski definition) is 6. The van der Waals surface area contributed by atoms with E-state index in [0.717, 1.165) is 25.7 Å². The van der Waals surface area contributed by atoms with Crippen molar-refractivity contribution in [2.24, 2.45) is 10.2 Å². The number of hydrogen-bond donors (Lipinski definition) is 0. The Kier molecular flexibility index (Phi) is 6.91. The summed E-state index contributed by atoms with van der Waals surface area (Å²) in [5.74, 6) is 0. The Balaban J connectivity index is 2.00.